The molecule has 3 nitrogen and oxygen atoms in total. The maximum Gasteiger partial charge on any atom is 0.101 e. The largest absolute Gasteiger partial charge is 0.375 e. The van der Waals surface area contributed by atoms with E-state index in [4.69, 9.17) is 21.6 Å². The fraction of sp³-hybridized carbons (Fsp3) is 0.458. The van der Waals surface area contributed by atoms with Crippen LogP contribution in [0, 0.1) is 11.3 Å². The van der Waals surface area contributed by atoms with Crippen molar-refractivity contribution in [2.24, 2.45) is 0 Å². The lowest BCUT2D eigenvalue weighted by molar-refractivity contribution is -0.0146. The zero-order valence-electron chi connectivity index (χ0n) is 16.8. The van der Waals surface area contributed by atoms with Gasteiger partial charge in [0.15, 0.2) is 0 Å². The highest BCUT2D eigenvalue weighted by Crippen LogP contribution is 2.37. The third-order valence-electron chi connectivity index (χ3n) is 5.78. The van der Waals surface area contributed by atoms with Gasteiger partial charge in [0.05, 0.1) is 16.2 Å². The van der Waals surface area contributed by atoms with E-state index in [0.717, 1.165) is 19.7 Å². The number of nitriles is 1. The van der Waals surface area contributed by atoms with E-state index >= 15 is 0 Å². The van der Waals surface area contributed by atoms with E-state index in [1.54, 1.807) is 24.3 Å². The van der Waals surface area contributed by atoms with Gasteiger partial charge in [0, 0.05) is 25.4 Å². The molecule has 4 rings (SSSR count). The zero-order valence-corrected chi connectivity index (χ0v) is 17.6. The normalized spacial score (nSPS) is 17.9. The molecular formula is C24H29ClN2O. The van der Waals surface area contributed by atoms with Gasteiger partial charge in [0.25, 0.3) is 0 Å². The molecule has 0 atom stereocenters. The summed E-state index contributed by atoms with van der Waals surface area (Å²) in [6.45, 7) is 7.75. The Balaban J connectivity index is 0.000000211. The van der Waals surface area contributed by atoms with Crippen molar-refractivity contribution in [1.82, 2.24) is 0 Å². The molecule has 2 aromatic rings. The van der Waals surface area contributed by atoms with Crippen molar-refractivity contribution in [2.45, 2.75) is 51.0 Å². The van der Waals surface area contributed by atoms with Gasteiger partial charge in [-0.2, -0.15) is 5.26 Å². The summed E-state index contributed by atoms with van der Waals surface area (Å²) in [5.74, 6) is 0.616. The van der Waals surface area contributed by atoms with Crippen LogP contribution in [0.1, 0.15) is 56.6 Å². The van der Waals surface area contributed by atoms with Gasteiger partial charge in [-0.05, 0) is 61.4 Å². The second-order valence-electron chi connectivity index (χ2n) is 7.96. The molecule has 0 unspecified atom stereocenters. The molecule has 2 aliphatic rings. The van der Waals surface area contributed by atoms with Gasteiger partial charge in [-0.1, -0.05) is 49.7 Å². The van der Waals surface area contributed by atoms with Crippen LogP contribution in [0.15, 0.2) is 48.5 Å². The summed E-state index contributed by atoms with van der Waals surface area (Å²) < 4.78 is 5.99. The predicted molar refractivity (Wildman–Crippen MR) is 116 cm³/mol. The second-order valence-corrected chi connectivity index (χ2v) is 8.37. The van der Waals surface area contributed by atoms with Crippen LogP contribution in [0.25, 0.3) is 0 Å². The maximum atomic E-state index is 8.38. The molecule has 0 N–H and O–H groups in total. The first kappa shape index (κ1) is 20.7. The van der Waals surface area contributed by atoms with Crippen LogP contribution < -0.4 is 4.90 Å². The summed E-state index contributed by atoms with van der Waals surface area (Å²) in [6.07, 6.45) is 4.91. The van der Waals surface area contributed by atoms with E-state index in [2.05, 4.69) is 43.0 Å². The van der Waals surface area contributed by atoms with Crippen molar-refractivity contribution < 1.29 is 4.74 Å². The van der Waals surface area contributed by atoms with Gasteiger partial charge < -0.3 is 9.64 Å². The first-order chi connectivity index (χ1) is 13.5. The van der Waals surface area contributed by atoms with E-state index in [1.165, 1.54) is 36.9 Å². The van der Waals surface area contributed by atoms with Gasteiger partial charge in [0.1, 0.15) is 6.07 Å². The number of benzene rings is 2. The first-order valence-corrected chi connectivity index (χ1v) is 10.5. The highest BCUT2D eigenvalue weighted by molar-refractivity contribution is 6.31. The van der Waals surface area contributed by atoms with Crippen LogP contribution in [-0.2, 0) is 4.74 Å². The van der Waals surface area contributed by atoms with Gasteiger partial charge in [-0.3, -0.25) is 0 Å². The van der Waals surface area contributed by atoms with Gasteiger partial charge in [-0.15, -0.1) is 0 Å². The third kappa shape index (κ3) is 5.07. The van der Waals surface area contributed by atoms with E-state index in [1.807, 2.05) is 6.07 Å². The monoisotopic (exact) mass is 396 g/mol. The highest BCUT2D eigenvalue weighted by Gasteiger charge is 2.38. The molecule has 2 aliphatic heterocycles. The smallest absolute Gasteiger partial charge is 0.101 e. The molecule has 0 radical (unpaired) electrons. The predicted octanol–water partition coefficient (Wildman–Crippen LogP) is 6.17. The van der Waals surface area contributed by atoms with Gasteiger partial charge in [0.2, 0.25) is 0 Å². The summed E-state index contributed by atoms with van der Waals surface area (Å²) in [5, 5.41) is 8.90. The summed E-state index contributed by atoms with van der Waals surface area (Å²) in [4.78, 5) is 2.51. The Bertz CT molecular complexity index is 794. The number of anilines is 1. The molecule has 148 valence electrons. The summed E-state index contributed by atoms with van der Waals surface area (Å²) in [7, 11) is 0. The molecule has 0 aliphatic carbocycles. The Morgan fingerprint density at radius 2 is 1.71 bits per heavy atom. The lowest BCUT2D eigenvalue weighted by Crippen LogP contribution is -2.44. The Labute approximate surface area is 173 Å². The van der Waals surface area contributed by atoms with Crippen molar-refractivity contribution >= 4 is 17.3 Å². The SMILES string of the molecule is CC(C)c1ccc(N2CCC3(CCCO3)CC2)cc1.N#Cc1ccccc1Cl. The standard InChI is InChI=1S/C17H25NO.C7H4ClN/c1-14(2)15-4-6-16(7-5-15)18-11-9-17(10-12-18)8-3-13-19-17;8-7-4-2-1-3-6(7)5-9/h4-7,14H,3,8-13H2,1-2H3;1-4H. The van der Waals surface area contributed by atoms with Gasteiger partial charge in [-0.25, -0.2) is 0 Å². The van der Waals surface area contributed by atoms with Crippen molar-refractivity contribution in [3.05, 3.63) is 64.7 Å². The summed E-state index contributed by atoms with van der Waals surface area (Å²) in [6, 6.07) is 18.0. The van der Waals surface area contributed by atoms with Crippen molar-refractivity contribution in [3.63, 3.8) is 0 Å². The average Bonchev–Trinajstić information content (AvgIpc) is 3.17. The number of hydrogen-bond acceptors (Lipinski definition) is 3. The number of nitrogens with zero attached hydrogens (tertiary/aromatic N) is 2. The number of piperidine rings is 1. The van der Waals surface area contributed by atoms with Crippen molar-refractivity contribution in [1.29, 1.82) is 5.26 Å². The molecule has 2 aromatic carbocycles. The molecule has 2 saturated heterocycles. The number of halogens is 1. The van der Waals surface area contributed by atoms with Crippen molar-refractivity contribution in [3.8, 4) is 6.07 Å². The molecule has 0 saturated carbocycles. The van der Waals surface area contributed by atoms with E-state index < -0.39 is 0 Å². The van der Waals surface area contributed by atoms with Crippen LogP contribution in [0.3, 0.4) is 0 Å². The molecule has 2 heterocycles. The lowest BCUT2D eigenvalue weighted by Gasteiger charge is -2.39. The zero-order chi connectivity index (χ0) is 20.0. The van der Waals surface area contributed by atoms with E-state index in [-0.39, 0.29) is 5.60 Å². The highest BCUT2D eigenvalue weighted by atomic mass is 35.5. The van der Waals surface area contributed by atoms with Crippen LogP contribution in [0.2, 0.25) is 5.02 Å². The molecular weight excluding hydrogens is 368 g/mol. The minimum absolute atomic E-state index is 0.231. The fourth-order valence-electron chi connectivity index (χ4n) is 3.94. The molecule has 0 aromatic heterocycles. The minimum Gasteiger partial charge on any atom is -0.375 e. The maximum absolute atomic E-state index is 8.38. The third-order valence-corrected chi connectivity index (χ3v) is 6.11. The Morgan fingerprint density at radius 3 is 2.21 bits per heavy atom. The Kier molecular flexibility index (Phi) is 6.99. The van der Waals surface area contributed by atoms with Crippen LogP contribution >= 0.6 is 11.6 Å². The van der Waals surface area contributed by atoms with Gasteiger partial charge >= 0.3 is 0 Å². The fourth-order valence-corrected chi connectivity index (χ4v) is 4.12. The lowest BCUT2D eigenvalue weighted by atomic mass is 9.88. The summed E-state index contributed by atoms with van der Waals surface area (Å²) >= 11 is 5.60. The first-order valence-electron chi connectivity index (χ1n) is 10.2. The number of rotatable bonds is 2. The molecule has 28 heavy (non-hydrogen) atoms. The average molecular weight is 397 g/mol. The minimum atomic E-state index is 0.231. The Hall–Kier alpha value is -2.02. The molecule has 4 heteroatoms. The quantitative estimate of drug-likeness (QED) is 0.608. The second kappa shape index (κ2) is 9.45. The number of hydrogen-bond donors (Lipinski definition) is 0. The van der Waals surface area contributed by atoms with E-state index in [0.29, 0.717) is 16.5 Å². The molecule has 1 spiro atoms. The topological polar surface area (TPSA) is 36.3 Å². The Morgan fingerprint density at radius 1 is 1.04 bits per heavy atom. The van der Waals surface area contributed by atoms with Crippen LogP contribution in [-0.4, -0.2) is 25.3 Å². The summed E-state index contributed by atoms with van der Waals surface area (Å²) in [5.41, 5.74) is 3.56. The molecule has 2 fully saturated rings. The van der Waals surface area contributed by atoms with E-state index in [9.17, 15) is 0 Å². The van der Waals surface area contributed by atoms with Crippen molar-refractivity contribution in [2.75, 3.05) is 24.6 Å². The molecule has 0 bridgehead atoms. The van der Waals surface area contributed by atoms with Crippen LogP contribution in [0.4, 0.5) is 5.69 Å². The van der Waals surface area contributed by atoms with Crippen LogP contribution in [0.5, 0.6) is 0 Å². The number of ether oxygens (including phenoxy) is 1. The molecule has 0 amide bonds.